The van der Waals surface area contributed by atoms with Crippen LogP contribution in [0.3, 0.4) is 0 Å². The van der Waals surface area contributed by atoms with Crippen molar-refractivity contribution < 1.29 is 4.74 Å². The number of nitrogens with two attached hydrogens (primary N) is 1. The molecule has 22 heavy (non-hydrogen) atoms. The van der Waals surface area contributed by atoms with Gasteiger partial charge in [0.2, 0.25) is 0 Å². The predicted molar refractivity (Wildman–Crippen MR) is 87.7 cm³/mol. The molecule has 6 heteroatoms. The lowest BCUT2D eigenvalue weighted by Crippen LogP contribution is -2.47. The van der Waals surface area contributed by atoms with Crippen LogP contribution in [-0.2, 0) is 4.74 Å². The zero-order valence-corrected chi connectivity index (χ0v) is 13.4. The average molecular weight is 319 g/mol. The van der Waals surface area contributed by atoms with Gasteiger partial charge < -0.3 is 15.8 Å². The number of halogens is 1. The van der Waals surface area contributed by atoms with Gasteiger partial charge in [-0.2, -0.15) is 0 Å². The fraction of sp³-hybridized carbons (Fsp3) is 0.375. The van der Waals surface area contributed by atoms with E-state index in [0.717, 1.165) is 17.7 Å². The molecule has 1 aromatic carbocycles. The molecule has 1 unspecified atom stereocenters. The monoisotopic (exact) mass is 318 g/mol. The topological polar surface area (TPSA) is 73.1 Å². The molecular formula is C16H19ClN4O. The molecule has 116 valence electrons. The molecule has 1 aliphatic heterocycles. The number of aromatic nitrogens is 2. The van der Waals surface area contributed by atoms with Crippen LogP contribution >= 0.6 is 11.6 Å². The number of anilines is 1. The number of nitrogen functional groups attached to an aromatic ring is 1. The van der Waals surface area contributed by atoms with E-state index in [1.54, 1.807) is 12.3 Å². The lowest BCUT2D eigenvalue weighted by Gasteiger charge is -2.36. The number of rotatable bonds is 2. The largest absolute Gasteiger partial charge is 0.384 e. The standard InChI is InChI=1S/C16H19ClN4O/c1-16(2)9-20-13(8-22-16)10-5-11(7-12(17)6-10)15-19-4-3-14(18)21-15/h3-7,13,20H,8-9H2,1-2H3,(H2,18,19,21). The van der Waals surface area contributed by atoms with Crippen molar-refractivity contribution in [3.63, 3.8) is 0 Å². The van der Waals surface area contributed by atoms with Gasteiger partial charge in [0.25, 0.3) is 0 Å². The maximum Gasteiger partial charge on any atom is 0.161 e. The molecule has 0 radical (unpaired) electrons. The second-order valence-corrected chi connectivity index (χ2v) is 6.52. The van der Waals surface area contributed by atoms with Crippen molar-refractivity contribution in [1.82, 2.24) is 15.3 Å². The zero-order chi connectivity index (χ0) is 15.7. The second-order valence-electron chi connectivity index (χ2n) is 6.08. The number of hydrogen-bond acceptors (Lipinski definition) is 5. The lowest BCUT2D eigenvalue weighted by atomic mass is 10.00. The lowest BCUT2D eigenvalue weighted by molar-refractivity contribution is -0.0586. The summed E-state index contributed by atoms with van der Waals surface area (Å²) in [5.74, 6) is 1.01. The maximum absolute atomic E-state index is 6.26. The Bertz CT molecular complexity index is 680. The van der Waals surface area contributed by atoms with E-state index in [0.29, 0.717) is 23.3 Å². The van der Waals surface area contributed by atoms with Crippen LogP contribution < -0.4 is 11.1 Å². The first-order valence-corrected chi connectivity index (χ1v) is 7.57. The summed E-state index contributed by atoms with van der Waals surface area (Å²) in [6, 6.07) is 7.57. The van der Waals surface area contributed by atoms with E-state index >= 15 is 0 Å². The second kappa shape index (κ2) is 5.83. The van der Waals surface area contributed by atoms with Crippen LogP contribution in [0.5, 0.6) is 0 Å². The van der Waals surface area contributed by atoms with Gasteiger partial charge in [0.15, 0.2) is 5.82 Å². The predicted octanol–water partition coefficient (Wildman–Crippen LogP) is 2.82. The summed E-state index contributed by atoms with van der Waals surface area (Å²) in [6.07, 6.45) is 1.64. The molecule has 2 heterocycles. The van der Waals surface area contributed by atoms with Gasteiger partial charge in [-0.25, -0.2) is 9.97 Å². The van der Waals surface area contributed by atoms with Crippen LogP contribution in [0.4, 0.5) is 5.82 Å². The highest BCUT2D eigenvalue weighted by Gasteiger charge is 2.28. The number of ether oxygens (including phenoxy) is 1. The minimum atomic E-state index is -0.144. The van der Waals surface area contributed by atoms with E-state index in [9.17, 15) is 0 Å². The van der Waals surface area contributed by atoms with Crippen molar-refractivity contribution in [1.29, 1.82) is 0 Å². The SMILES string of the molecule is CC1(C)CNC(c2cc(Cl)cc(-c3nccc(N)n3)c2)CO1. The van der Waals surface area contributed by atoms with E-state index in [1.807, 2.05) is 18.2 Å². The van der Waals surface area contributed by atoms with Gasteiger partial charge in [0.1, 0.15) is 5.82 Å². The molecule has 1 aromatic heterocycles. The first-order valence-electron chi connectivity index (χ1n) is 7.20. The van der Waals surface area contributed by atoms with Crippen molar-refractivity contribution in [3.05, 3.63) is 41.0 Å². The first-order chi connectivity index (χ1) is 10.4. The third-order valence-electron chi connectivity index (χ3n) is 3.67. The van der Waals surface area contributed by atoms with Crippen molar-refractivity contribution in [2.24, 2.45) is 0 Å². The third kappa shape index (κ3) is 3.38. The molecule has 0 spiro atoms. The summed E-state index contributed by atoms with van der Waals surface area (Å²) >= 11 is 6.26. The molecule has 0 saturated carbocycles. The highest BCUT2D eigenvalue weighted by atomic mass is 35.5. The summed E-state index contributed by atoms with van der Waals surface area (Å²) < 4.78 is 5.88. The van der Waals surface area contributed by atoms with E-state index in [1.165, 1.54) is 0 Å². The van der Waals surface area contributed by atoms with Crippen molar-refractivity contribution in [2.45, 2.75) is 25.5 Å². The van der Waals surface area contributed by atoms with Gasteiger partial charge in [-0.1, -0.05) is 11.6 Å². The number of morpholine rings is 1. The molecule has 0 bridgehead atoms. The van der Waals surface area contributed by atoms with Crippen molar-refractivity contribution >= 4 is 17.4 Å². The van der Waals surface area contributed by atoms with Crippen LogP contribution in [0.25, 0.3) is 11.4 Å². The molecule has 3 N–H and O–H groups in total. The van der Waals surface area contributed by atoms with Gasteiger partial charge >= 0.3 is 0 Å². The Kier molecular flexibility index (Phi) is 4.04. The van der Waals surface area contributed by atoms with E-state index < -0.39 is 0 Å². The number of nitrogens with one attached hydrogen (secondary N) is 1. The first kappa shape index (κ1) is 15.2. The summed E-state index contributed by atoms with van der Waals surface area (Å²) in [7, 11) is 0. The maximum atomic E-state index is 6.26. The number of benzene rings is 1. The van der Waals surface area contributed by atoms with Gasteiger partial charge in [-0.15, -0.1) is 0 Å². The van der Waals surface area contributed by atoms with E-state index in [-0.39, 0.29) is 11.6 Å². The third-order valence-corrected chi connectivity index (χ3v) is 3.89. The highest BCUT2D eigenvalue weighted by molar-refractivity contribution is 6.30. The van der Waals surface area contributed by atoms with Crippen LogP contribution in [-0.4, -0.2) is 28.7 Å². The summed E-state index contributed by atoms with van der Waals surface area (Å²) in [6.45, 7) is 5.53. The number of nitrogens with zero attached hydrogens (tertiary/aromatic N) is 2. The minimum absolute atomic E-state index is 0.103. The van der Waals surface area contributed by atoms with Crippen molar-refractivity contribution in [3.8, 4) is 11.4 Å². The molecule has 0 aliphatic carbocycles. The van der Waals surface area contributed by atoms with Crippen LogP contribution in [0.2, 0.25) is 5.02 Å². The summed E-state index contributed by atoms with van der Waals surface area (Å²) in [5.41, 5.74) is 7.49. The summed E-state index contributed by atoms with van der Waals surface area (Å²) in [4.78, 5) is 8.51. The molecule has 1 saturated heterocycles. The Morgan fingerprint density at radius 3 is 2.86 bits per heavy atom. The molecule has 2 aromatic rings. The normalized spacial score (nSPS) is 20.8. The quantitative estimate of drug-likeness (QED) is 0.890. The van der Waals surface area contributed by atoms with Gasteiger partial charge in [0, 0.05) is 23.3 Å². The fourth-order valence-electron chi connectivity index (χ4n) is 2.46. The molecule has 5 nitrogen and oxygen atoms in total. The average Bonchev–Trinajstić information content (AvgIpc) is 2.46. The van der Waals surface area contributed by atoms with Crippen LogP contribution in [0, 0.1) is 0 Å². The fourth-order valence-corrected chi connectivity index (χ4v) is 2.70. The molecule has 1 fully saturated rings. The molecular weight excluding hydrogens is 300 g/mol. The Hall–Kier alpha value is -1.69. The Labute approximate surface area is 134 Å². The van der Waals surface area contributed by atoms with Crippen molar-refractivity contribution in [2.75, 3.05) is 18.9 Å². The van der Waals surface area contributed by atoms with Crippen LogP contribution in [0.15, 0.2) is 30.5 Å². The van der Waals surface area contributed by atoms with E-state index in [4.69, 9.17) is 22.1 Å². The smallest absolute Gasteiger partial charge is 0.161 e. The highest BCUT2D eigenvalue weighted by Crippen LogP contribution is 2.29. The molecule has 1 aliphatic rings. The van der Waals surface area contributed by atoms with Gasteiger partial charge in [-0.05, 0) is 43.7 Å². The minimum Gasteiger partial charge on any atom is -0.384 e. The Morgan fingerprint density at radius 2 is 2.18 bits per heavy atom. The zero-order valence-electron chi connectivity index (χ0n) is 12.6. The van der Waals surface area contributed by atoms with Gasteiger partial charge in [-0.3, -0.25) is 0 Å². The van der Waals surface area contributed by atoms with Crippen LogP contribution in [0.1, 0.15) is 25.5 Å². The van der Waals surface area contributed by atoms with Gasteiger partial charge in [0.05, 0.1) is 18.2 Å². The summed E-state index contributed by atoms with van der Waals surface area (Å²) in [5, 5.41) is 4.14. The Balaban J connectivity index is 1.91. The number of hydrogen-bond donors (Lipinski definition) is 2. The van der Waals surface area contributed by atoms with E-state index in [2.05, 4.69) is 29.1 Å². The Morgan fingerprint density at radius 1 is 1.36 bits per heavy atom. The molecule has 3 rings (SSSR count). The molecule has 0 amide bonds. The molecule has 1 atom stereocenters.